The van der Waals surface area contributed by atoms with Gasteiger partial charge in [0.05, 0.1) is 39.8 Å². The van der Waals surface area contributed by atoms with E-state index in [1.165, 1.54) is 61.0 Å². The molecule has 6 aliphatic carbocycles. The molecule has 282 valence electrons. The minimum absolute atomic E-state index is 0.0482. The Labute approximate surface area is 354 Å². The highest BCUT2D eigenvalue weighted by Gasteiger charge is 2.47. The molecule has 0 N–H and O–H groups in total. The molecule has 0 fully saturated rings. The molecule has 18 rings (SSSR count). The maximum absolute atomic E-state index is 11.3. The van der Waals surface area contributed by atoms with Crippen molar-refractivity contribution < 1.29 is 4.42 Å². The van der Waals surface area contributed by atoms with Crippen molar-refractivity contribution in [3.05, 3.63) is 230 Å². The molecule has 0 atom stereocenters. The van der Waals surface area contributed by atoms with Crippen LogP contribution in [0.1, 0.15) is 102 Å². The first-order valence-electron chi connectivity index (χ1n) is 21.5. The van der Waals surface area contributed by atoms with Crippen LogP contribution < -0.4 is 0 Å². The van der Waals surface area contributed by atoms with E-state index < -0.39 is 0 Å². The van der Waals surface area contributed by atoms with E-state index in [0.29, 0.717) is 11.1 Å². The number of fused-ring (bicyclic) bond motifs is 9. The predicted molar refractivity (Wildman–Crippen MR) is 245 cm³/mol. The van der Waals surface area contributed by atoms with Gasteiger partial charge in [0.2, 0.25) is 0 Å². The summed E-state index contributed by atoms with van der Waals surface area (Å²) in [6.07, 6.45) is 0. The van der Waals surface area contributed by atoms with Crippen LogP contribution in [0, 0.1) is 22.7 Å². The van der Waals surface area contributed by atoms with Gasteiger partial charge in [-0.05, 0) is 102 Å². The SMILES string of the molecule is N#Cc1cc2c(c3c1C1c4ccccc4C3c3ccccc31)c1cc3oc4cccc5cccc(c54)c3c3c4c5c(c(C#N)cc4n2c13)C1c2ccccc2C5c2ccccc21. The molecule has 0 aliphatic heterocycles. The Balaban J connectivity index is 1.18. The van der Waals surface area contributed by atoms with Gasteiger partial charge < -0.3 is 8.82 Å². The van der Waals surface area contributed by atoms with E-state index in [2.05, 4.69) is 168 Å². The quantitative estimate of drug-likeness (QED) is 0.114. The molecule has 9 aromatic carbocycles. The summed E-state index contributed by atoms with van der Waals surface area (Å²) in [5.74, 6) is -0.235. The van der Waals surface area contributed by atoms with Crippen LogP contribution in [0.2, 0.25) is 0 Å². The lowest BCUT2D eigenvalue weighted by Gasteiger charge is -2.43. The second-order valence-corrected chi connectivity index (χ2v) is 17.9. The van der Waals surface area contributed by atoms with Crippen molar-refractivity contribution in [2.24, 2.45) is 0 Å². The fourth-order valence-corrected chi connectivity index (χ4v) is 13.5. The standard InChI is InChI=1S/C58H29N3O/c59-26-29-23-41-52(55-46(29)48-31-13-1-5-17-35(31)50(55)36-18-6-2-14-32(36)48)40-25-44-53(39-21-9-11-28-12-10-22-43(62-44)45(28)39)57-54-42(61(41)58(40)57)24-30(27-60)47-49-33-15-3-7-19-37(33)51(56(47)54)38-20-8-4-16-34(38)49/h1-25,48-51H. The summed E-state index contributed by atoms with van der Waals surface area (Å²) >= 11 is 0. The van der Waals surface area contributed by atoms with Gasteiger partial charge in [-0.25, -0.2) is 0 Å². The lowest BCUT2D eigenvalue weighted by molar-refractivity contribution is 0.663. The predicted octanol–water partition coefficient (Wildman–Crippen LogP) is 13.6. The normalized spacial score (nSPS) is 18.6. The molecular formula is C58H29N3O. The van der Waals surface area contributed by atoms with Gasteiger partial charge in [0.25, 0.3) is 0 Å². The van der Waals surface area contributed by atoms with Gasteiger partial charge in [0.1, 0.15) is 11.2 Å². The van der Waals surface area contributed by atoms with Gasteiger partial charge in [0.15, 0.2) is 0 Å². The minimum Gasteiger partial charge on any atom is -0.456 e. The average molecular weight is 784 g/mol. The fourth-order valence-electron chi connectivity index (χ4n) is 13.5. The van der Waals surface area contributed by atoms with Crippen molar-refractivity contribution in [1.29, 1.82) is 10.5 Å². The van der Waals surface area contributed by atoms with Crippen LogP contribution in [0.15, 0.2) is 156 Å². The van der Waals surface area contributed by atoms with Crippen molar-refractivity contribution >= 4 is 70.8 Å². The highest BCUT2D eigenvalue weighted by atomic mass is 16.3. The van der Waals surface area contributed by atoms with Crippen LogP contribution in [0.3, 0.4) is 0 Å². The number of benzene rings is 9. The first kappa shape index (κ1) is 31.7. The Morgan fingerprint density at radius 1 is 0.387 bits per heavy atom. The molecule has 62 heavy (non-hydrogen) atoms. The average Bonchev–Trinajstić information content (AvgIpc) is 3.85. The van der Waals surface area contributed by atoms with Crippen molar-refractivity contribution in [1.82, 2.24) is 4.40 Å². The van der Waals surface area contributed by atoms with E-state index >= 15 is 0 Å². The first-order chi connectivity index (χ1) is 30.7. The Morgan fingerprint density at radius 2 is 0.839 bits per heavy atom. The largest absolute Gasteiger partial charge is 0.456 e. The van der Waals surface area contributed by atoms with Gasteiger partial charge in [-0.3, -0.25) is 0 Å². The molecule has 0 saturated heterocycles. The number of rotatable bonds is 0. The van der Waals surface area contributed by atoms with E-state index in [1.54, 1.807) is 0 Å². The van der Waals surface area contributed by atoms with Gasteiger partial charge in [-0.1, -0.05) is 127 Å². The summed E-state index contributed by atoms with van der Waals surface area (Å²) in [6, 6.07) is 60.5. The van der Waals surface area contributed by atoms with Gasteiger partial charge >= 0.3 is 0 Å². The zero-order valence-corrected chi connectivity index (χ0v) is 33.0. The molecule has 4 heteroatoms. The monoisotopic (exact) mass is 783 g/mol. The Hall–Kier alpha value is -8.18. The number of aromatic nitrogens is 1. The van der Waals surface area contributed by atoms with Crippen molar-refractivity contribution in [3.8, 4) is 12.1 Å². The minimum atomic E-state index is -0.0672. The Kier molecular flexibility index (Phi) is 5.41. The summed E-state index contributed by atoms with van der Waals surface area (Å²) in [5, 5.41) is 31.7. The van der Waals surface area contributed by atoms with Crippen molar-refractivity contribution in [2.75, 3.05) is 0 Å². The highest BCUT2D eigenvalue weighted by Crippen LogP contribution is 2.63. The van der Waals surface area contributed by atoms with Crippen LogP contribution in [-0.2, 0) is 0 Å². The lowest BCUT2D eigenvalue weighted by atomic mass is 9.59. The Bertz CT molecular complexity index is 4120. The van der Waals surface area contributed by atoms with Crippen LogP contribution in [0.4, 0.5) is 0 Å². The van der Waals surface area contributed by atoms with Gasteiger partial charge in [0, 0.05) is 56.0 Å². The second kappa shape index (κ2) is 10.6. The molecule has 12 aromatic rings. The summed E-state index contributed by atoms with van der Waals surface area (Å²) in [4.78, 5) is 0. The molecule has 0 unspecified atom stereocenters. The van der Waals surface area contributed by atoms with Crippen molar-refractivity contribution in [3.63, 3.8) is 0 Å². The molecule has 0 saturated carbocycles. The third kappa shape index (κ3) is 3.35. The summed E-state index contributed by atoms with van der Waals surface area (Å²) in [7, 11) is 0. The number of nitrogens with zero attached hydrogens (tertiary/aromatic N) is 3. The molecule has 3 aromatic heterocycles. The van der Waals surface area contributed by atoms with E-state index in [9.17, 15) is 10.5 Å². The molecule has 6 aliphatic rings. The Morgan fingerprint density at radius 3 is 1.34 bits per heavy atom. The van der Waals surface area contributed by atoms with Gasteiger partial charge in [-0.15, -0.1) is 0 Å². The molecular weight excluding hydrogens is 755 g/mol. The molecule has 0 spiro atoms. The zero-order valence-electron chi connectivity index (χ0n) is 33.0. The number of hydrogen-bond acceptors (Lipinski definition) is 3. The smallest absolute Gasteiger partial charge is 0.136 e. The summed E-state index contributed by atoms with van der Waals surface area (Å²) in [6.45, 7) is 0. The van der Waals surface area contributed by atoms with Crippen LogP contribution >= 0.6 is 0 Å². The lowest BCUT2D eigenvalue weighted by Crippen LogP contribution is -2.28. The maximum atomic E-state index is 11.3. The molecule has 0 radical (unpaired) electrons. The van der Waals surface area contributed by atoms with Crippen LogP contribution in [0.5, 0.6) is 0 Å². The molecule has 0 amide bonds. The van der Waals surface area contributed by atoms with Gasteiger partial charge in [-0.2, -0.15) is 10.5 Å². The van der Waals surface area contributed by atoms with Crippen LogP contribution in [-0.4, -0.2) is 4.40 Å². The third-order valence-electron chi connectivity index (χ3n) is 15.5. The topological polar surface area (TPSA) is 65.1 Å². The maximum Gasteiger partial charge on any atom is 0.136 e. The number of hydrogen-bond donors (Lipinski definition) is 0. The molecule has 4 nitrogen and oxygen atoms in total. The fraction of sp³-hybridized carbons (Fsp3) is 0.0690. The summed E-state index contributed by atoms with van der Waals surface area (Å²) in [5.41, 5.74) is 21.3. The molecule has 4 bridgehead atoms. The third-order valence-corrected chi connectivity index (χ3v) is 15.5. The highest BCUT2D eigenvalue weighted by molar-refractivity contribution is 6.37. The van der Waals surface area contributed by atoms with E-state index in [0.717, 1.165) is 76.5 Å². The number of nitriles is 2. The van der Waals surface area contributed by atoms with E-state index in [-0.39, 0.29) is 23.7 Å². The van der Waals surface area contributed by atoms with E-state index in [1.807, 2.05) is 0 Å². The summed E-state index contributed by atoms with van der Waals surface area (Å²) < 4.78 is 9.60. The second-order valence-electron chi connectivity index (χ2n) is 17.9. The van der Waals surface area contributed by atoms with Crippen LogP contribution in [0.25, 0.3) is 70.8 Å². The van der Waals surface area contributed by atoms with E-state index in [4.69, 9.17) is 4.42 Å². The van der Waals surface area contributed by atoms with Crippen molar-refractivity contribution in [2.45, 2.75) is 23.7 Å². The first-order valence-corrected chi connectivity index (χ1v) is 21.5. The molecule has 3 heterocycles. The zero-order chi connectivity index (χ0) is 40.3.